The minimum atomic E-state index is 0.267. The maximum Gasteiger partial charge on any atom is 0.151 e. The summed E-state index contributed by atoms with van der Waals surface area (Å²) in [6.07, 6.45) is 3.80. The molecule has 0 aliphatic carbocycles. The molecule has 94 valence electrons. The van der Waals surface area contributed by atoms with Gasteiger partial charge in [-0.3, -0.25) is 4.79 Å². The molecule has 0 amide bonds. The van der Waals surface area contributed by atoms with Crippen LogP contribution in [0.15, 0.2) is 22.7 Å². The highest BCUT2D eigenvalue weighted by Gasteiger charge is 2.04. The topological polar surface area (TPSA) is 40.5 Å². The lowest BCUT2D eigenvalue weighted by Crippen LogP contribution is -2.18. The monoisotopic (exact) mass is 299 g/mol. The van der Waals surface area contributed by atoms with Gasteiger partial charge >= 0.3 is 0 Å². The van der Waals surface area contributed by atoms with E-state index < -0.39 is 0 Å². The van der Waals surface area contributed by atoms with Gasteiger partial charge in [-0.15, -0.1) is 0 Å². The summed E-state index contributed by atoms with van der Waals surface area (Å²) in [5.74, 6) is 0. The first-order valence-corrected chi connectivity index (χ1v) is 6.55. The third-order valence-corrected chi connectivity index (χ3v) is 3.39. The van der Waals surface area contributed by atoms with E-state index in [1.54, 1.807) is 0 Å². The van der Waals surface area contributed by atoms with E-state index in [4.69, 9.17) is 5.11 Å². The van der Waals surface area contributed by atoms with Gasteiger partial charge in [-0.25, -0.2) is 0 Å². The molecule has 3 nitrogen and oxygen atoms in total. The molecule has 0 aliphatic rings. The summed E-state index contributed by atoms with van der Waals surface area (Å²) in [4.78, 5) is 12.8. The number of unbranched alkanes of at least 4 members (excludes halogenated alkanes) is 2. The predicted octanol–water partition coefficient (Wildman–Crippen LogP) is 2.86. The second-order valence-corrected chi connectivity index (χ2v) is 4.88. The number of carbonyl (C=O) groups excluding carboxylic acids is 1. The Hall–Kier alpha value is -0.870. The summed E-state index contributed by atoms with van der Waals surface area (Å²) in [6, 6.07) is 5.72. The number of aliphatic hydroxyl groups is 1. The lowest BCUT2D eigenvalue weighted by molar-refractivity contribution is 0.112. The molecule has 1 N–H and O–H groups in total. The summed E-state index contributed by atoms with van der Waals surface area (Å²) in [7, 11) is 2.03. The maximum atomic E-state index is 10.7. The van der Waals surface area contributed by atoms with Gasteiger partial charge in [-0.1, -0.05) is 0 Å². The molecule has 0 aliphatic heterocycles. The molecule has 0 spiro atoms. The molecule has 0 fully saturated rings. The average molecular weight is 300 g/mol. The Morgan fingerprint density at radius 2 is 2.12 bits per heavy atom. The molecule has 4 heteroatoms. The van der Waals surface area contributed by atoms with Gasteiger partial charge in [0.25, 0.3) is 0 Å². The molecule has 0 atom stereocenters. The van der Waals surface area contributed by atoms with Crippen LogP contribution in [-0.4, -0.2) is 31.6 Å². The molecule has 1 aromatic carbocycles. The number of hydrogen-bond donors (Lipinski definition) is 1. The van der Waals surface area contributed by atoms with Gasteiger partial charge in [0.2, 0.25) is 0 Å². The summed E-state index contributed by atoms with van der Waals surface area (Å²) >= 11 is 3.38. The Kier molecular flexibility index (Phi) is 6.22. The standard InChI is InChI=1S/C13H18BrNO2/c1-15(7-3-2-4-8-16)12-6-5-11(10-17)13(14)9-12/h5-6,9-10,16H,2-4,7-8H2,1H3. The number of halogens is 1. The first-order chi connectivity index (χ1) is 8.19. The number of carbonyl (C=O) groups is 1. The van der Waals surface area contributed by atoms with E-state index in [1.165, 1.54) is 0 Å². The predicted molar refractivity (Wildman–Crippen MR) is 73.7 cm³/mol. The normalized spacial score (nSPS) is 10.3. The van der Waals surface area contributed by atoms with Crippen molar-refractivity contribution in [3.05, 3.63) is 28.2 Å². The number of benzene rings is 1. The molecular formula is C13H18BrNO2. The van der Waals surface area contributed by atoms with E-state index in [2.05, 4.69) is 20.8 Å². The molecule has 0 heterocycles. The highest BCUT2D eigenvalue weighted by Crippen LogP contribution is 2.22. The number of rotatable bonds is 7. The third-order valence-electron chi connectivity index (χ3n) is 2.70. The summed E-state index contributed by atoms with van der Waals surface area (Å²) in [5.41, 5.74) is 1.76. The quantitative estimate of drug-likeness (QED) is 0.622. The highest BCUT2D eigenvalue weighted by atomic mass is 79.9. The van der Waals surface area contributed by atoms with E-state index in [-0.39, 0.29) is 6.61 Å². The molecule has 0 aromatic heterocycles. The van der Waals surface area contributed by atoms with Crippen LogP contribution in [0.3, 0.4) is 0 Å². The van der Waals surface area contributed by atoms with Crippen molar-refractivity contribution in [1.82, 2.24) is 0 Å². The maximum absolute atomic E-state index is 10.7. The van der Waals surface area contributed by atoms with E-state index in [0.29, 0.717) is 5.56 Å². The minimum absolute atomic E-state index is 0.267. The first-order valence-electron chi connectivity index (χ1n) is 5.75. The number of nitrogens with zero attached hydrogens (tertiary/aromatic N) is 1. The zero-order chi connectivity index (χ0) is 12.7. The molecule has 0 unspecified atom stereocenters. The SMILES string of the molecule is CN(CCCCCO)c1ccc(C=O)c(Br)c1. The van der Waals surface area contributed by atoms with E-state index in [0.717, 1.165) is 42.3 Å². The van der Waals surface area contributed by atoms with Gasteiger partial charge in [-0.2, -0.15) is 0 Å². The fourth-order valence-electron chi connectivity index (χ4n) is 1.62. The van der Waals surface area contributed by atoms with Crippen LogP contribution in [-0.2, 0) is 0 Å². The molecule has 0 bridgehead atoms. The van der Waals surface area contributed by atoms with E-state index in [1.807, 2.05) is 25.2 Å². The third kappa shape index (κ3) is 4.48. The van der Waals surface area contributed by atoms with Crippen molar-refractivity contribution in [3.63, 3.8) is 0 Å². The fraction of sp³-hybridized carbons (Fsp3) is 0.462. The number of anilines is 1. The van der Waals surface area contributed by atoms with Crippen molar-refractivity contribution < 1.29 is 9.90 Å². The van der Waals surface area contributed by atoms with Crippen molar-refractivity contribution in [2.24, 2.45) is 0 Å². The van der Waals surface area contributed by atoms with Gasteiger partial charge in [0, 0.05) is 35.9 Å². The van der Waals surface area contributed by atoms with Gasteiger partial charge in [0.05, 0.1) is 0 Å². The Morgan fingerprint density at radius 3 is 2.71 bits per heavy atom. The Bertz CT molecular complexity index is 368. The zero-order valence-electron chi connectivity index (χ0n) is 10.0. The van der Waals surface area contributed by atoms with Crippen LogP contribution >= 0.6 is 15.9 Å². The Morgan fingerprint density at radius 1 is 1.35 bits per heavy atom. The molecule has 1 rings (SSSR count). The molecule has 0 saturated carbocycles. The number of aldehydes is 1. The highest BCUT2D eigenvalue weighted by molar-refractivity contribution is 9.10. The fourth-order valence-corrected chi connectivity index (χ4v) is 2.08. The van der Waals surface area contributed by atoms with Crippen molar-refractivity contribution in [2.45, 2.75) is 19.3 Å². The second kappa shape index (κ2) is 7.45. The molecule has 17 heavy (non-hydrogen) atoms. The van der Waals surface area contributed by atoms with E-state index >= 15 is 0 Å². The van der Waals surface area contributed by atoms with Gasteiger partial charge in [0.1, 0.15) is 0 Å². The van der Waals surface area contributed by atoms with Crippen LogP contribution < -0.4 is 4.90 Å². The second-order valence-electron chi connectivity index (χ2n) is 4.03. The zero-order valence-corrected chi connectivity index (χ0v) is 11.6. The van der Waals surface area contributed by atoms with Crippen molar-refractivity contribution >= 4 is 27.9 Å². The van der Waals surface area contributed by atoms with Crippen molar-refractivity contribution in [3.8, 4) is 0 Å². The van der Waals surface area contributed by atoms with Crippen LogP contribution in [0.1, 0.15) is 29.6 Å². The van der Waals surface area contributed by atoms with Crippen LogP contribution in [0.2, 0.25) is 0 Å². The van der Waals surface area contributed by atoms with Crippen LogP contribution in [0.25, 0.3) is 0 Å². The first kappa shape index (κ1) is 14.2. The average Bonchev–Trinajstić information content (AvgIpc) is 2.34. The van der Waals surface area contributed by atoms with E-state index in [9.17, 15) is 4.79 Å². The smallest absolute Gasteiger partial charge is 0.151 e. The summed E-state index contributed by atoms with van der Waals surface area (Å²) < 4.78 is 0.826. The lowest BCUT2D eigenvalue weighted by Gasteiger charge is -2.19. The van der Waals surface area contributed by atoms with Gasteiger partial charge < -0.3 is 10.0 Å². The summed E-state index contributed by atoms with van der Waals surface area (Å²) in [6.45, 7) is 1.22. The largest absolute Gasteiger partial charge is 0.396 e. The van der Waals surface area contributed by atoms with Crippen LogP contribution in [0.5, 0.6) is 0 Å². The summed E-state index contributed by atoms with van der Waals surface area (Å²) in [5, 5.41) is 8.69. The van der Waals surface area contributed by atoms with Crippen LogP contribution in [0.4, 0.5) is 5.69 Å². The number of aliphatic hydroxyl groups excluding tert-OH is 1. The minimum Gasteiger partial charge on any atom is -0.396 e. The van der Waals surface area contributed by atoms with Crippen LogP contribution in [0, 0.1) is 0 Å². The van der Waals surface area contributed by atoms with Crippen molar-refractivity contribution in [1.29, 1.82) is 0 Å². The molecular weight excluding hydrogens is 282 g/mol. The van der Waals surface area contributed by atoms with Gasteiger partial charge in [-0.05, 0) is 53.4 Å². The Labute approximate surface area is 111 Å². The lowest BCUT2D eigenvalue weighted by atomic mass is 10.2. The van der Waals surface area contributed by atoms with Gasteiger partial charge in [0.15, 0.2) is 6.29 Å². The molecule has 0 radical (unpaired) electrons. The Balaban J connectivity index is 2.54. The molecule has 0 saturated heterocycles. The molecule has 1 aromatic rings. The van der Waals surface area contributed by atoms with Crippen molar-refractivity contribution in [2.75, 3.05) is 25.1 Å². The number of hydrogen-bond acceptors (Lipinski definition) is 3.